The lowest BCUT2D eigenvalue weighted by atomic mass is 10.1. The van der Waals surface area contributed by atoms with E-state index >= 15 is 0 Å². The van der Waals surface area contributed by atoms with Crippen molar-refractivity contribution in [2.45, 2.75) is 45.8 Å². The SMILES string of the molecule is CCOC(=O)CC1CN(C(=O)OC(C)(C)C)CCN1c1ccnc(-n2ccnc2)n1. The topological polar surface area (TPSA) is 103 Å². The average Bonchev–Trinajstić information content (AvgIpc) is 3.22. The lowest BCUT2D eigenvalue weighted by Crippen LogP contribution is -2.56. The van der Waals surface area contributed by atoms with Crippen LogP contribution in [0.2, 0.25) is 0 Å². The van der Waals surface area contributed by atoms with Crippen LogP contribution in [0.1, 0.15) is 34.1 Å². The molecule has 1 atom stereocenters. The van der Waals surface area contributed by atoms with Crippen molar-refractivity contribution in [1.29, 1.82) is 0 Å². The Balaban J connectivity index is 1.81. The summed E-state index contributed by atoms with van der Waals surface area (Å²) in [4.78, 5) is 41.3. The summed E-state index contributed by atoms with van der Waals surface area (Å²) in [6.45, 7) is 8.85. The fourth-order valence-electron chi connectivity index (χ4n) is 3.24. The molecule has 0 radical (unpaired) electrons. The zero-order valence-corrected chi connectivity index (χ0v) is 17.8. The van der Waals surface area contributed by atoms with Crippen LogP contribution >= 0.6 is 0 Å². The Labute approximate surface area is 175 Å². The van der Waals surface area contributed by atoms with Crippen molar-refractivity contribution in [2.24, 2.45) is 0 Å². The number of amides is 1. The minimum atomic E-state index is -0.586. The van der Waals surface area contributed by atoms with Crippen molar-refractivity contribution in [1.82, 2.24) is 24.4 Å². The molecule has 1 unspecified atom stereocenters. The number of aromatic nitrogens is 4. The van der Waals surface area contributed by atoms with E-state index in [0.717, 1.165) is 0 Å². The summed E-state index contributed by atoms with van der Waals surface area (Å²) in [5, 5.41) is 0. The first-order valence-corrected chi connectivity index (χ1v) is 9.98. The zero-order valence-electron chi connectivity index (χ0n) is 17.8. The number of hydrogen-bond acceptors (Lipinski definition) is 8. The number of piperazine rings is 1. The van der Waals surface area contributed by atoms with Gasteiger partial charge in [0.25, 0.3) is 0 Å². The molecule has 0 saturated carbocycles. The van der Waals surface area contributed by atoms with Gasteiger partial charge in [0.1, 0.15) is 17.7 Å². The summed E-state index contributed by atoms with van der Waals surface area (Å²) in [7, 11) is 0. The lowest BCUT2D eigenvalue weighted by Gasteiger charge is -2.41. The summed E-state index contributed by atoms with van der Waals surface area (Å²) in [5.41, 5.74) is -0.586. The van der Waals surface area contributed by atoms with Gasteiger partial charge in [0, 0.05) is 38.2 Å². The van der Waals surface area contributed by atoms with E-state index in [0.29, 0.717) is 38.0 Å². The second-order valence-electron chi connectivity index (χ2n) is 7.97. The normalized spacial score (nSPS) is 17.0. The van der Waals surface area contributed by atoms with Crippen LogP contribution in [0.25, 0.3) is 5.95 Å². The molecule has 1 aliphatic heterocycles. The Bertz CT molecular complexity index is 864. The van der Waals surface area contributed by atoms with Crippen molar-refractivity contribution < 1.29 is 19.1 Å². The average molecular weight is 416 g/mol. The predicted octanol–water partition coefficient (Wildman–Crippen LogP) is 2.04. The summed E-state index contributed by atoms with van der Waals surface area (Å²) in [5.74, 6) is 0.837. The van der Waals surface area contributed by atoms with Gasteiger partial charge in [0.15, 0.2) is 0 Å². The molecule has 0 aromatic carbocycles. The van der Waals surface area contributed by atoms with E-state index in [9.17, 15) is 9.59 Å². The maximum absolute atomic E-state index is 12.6. The molecule has 10 nitrogen and oxygen atoms in total. The molecule has 3 rings (SSSR count). The van der Waals surface area contributed by atoms with Gasteiger partial charge in [-0.3, -0.25) is 9.36 Å². The standard InChI is InChI=1S/C20H28N6O4/c1-5-29-17(27)12-15-13-24(19(28)30-20(2,3)4)10-11-26(15)16-6-7-22-18(23-16)25-9-8-21-14-25/h6-9,14-15H,5,10-13H2,1-4H3. The first-order chi connectivity index (χ1) is 14.3. The van der Waals surface area contributed by atoms with Gasteiger partial charge in [0.2, 0.25) is 5.95 Å². The summed E-state index contributed by atoms with van der Waals surface area (Å²) < 4.78 is 12.4. The Morgan fingerprint density at radius 2 is 2.03 bits per heavy atom. The molecular formula is C20H28N6O4. The van der Waals surface area contributed by atoms with Crippen LogP contribution in [-0.2, 0) is 14.3 Å². The van der Waals surface area contributed by atoms with Crippen LogP contribution in [-0.4, -0.2) is 74.4 Å². The van der Waals surface area contributed by atoms with E-state index in [2.05, 4.69) is 15.0 Å². The minimum absolute atomic E-state index is 0.136. The number of hydrogen-bond donors (Lipinski definition) is 0. The van der Waals surface area contributed by atoms with Gasteiger partial charge in [-0.2, -0.15) is 4.98 Å². The molecule has 30 heavy (non-hydrogen) atoms. The van der Waals surface area contributed by atoms with Crippen molar-refractivity contribution >= 4 is 17.9 Å². The Hall–Kier alpha value is -3.17. The molecule has 0 aliphatic carbocycles. The van der Waals surface area contributed by atoms with Gasteiger partial charge < -0.3 is 19.3 Å². The van der Waals surface area contributed by atoms with E-state index in [-0.39, 0.29) is 18.4 Å². The van der Waals surface area contributed by atoms with Gasteiger partial charge in [0.05, 0.1) is 19.1 Å². The van der Waals surface area contributed by atoms with E-state index in [1.165, 1.54) is 0 Å². The molecular weight excluding hydrogens is 388 g/mol. The second-order valence-corrected chi connectivity index (χ2v) is 7.97. The first-order valence-electron chi connectivity index (χ1n) is 9.98. The molecule has 0 bridgehead atoms. The third-order valence-corrected chi connectivity index (χ3v) is 4.50. The molecule has 1 saturated heterocycles. The fraction of sp³-hybridized carbons (Fsp3) is 0.550. The van der Waals surface area contributed by atoms with E-state index in [1.807, 2.05) is 25.7 Å². The van der Waals surface area contributed by atoms with Crippen molar-refractivity contribution in [2.75, 3.05) is 31.1 Å². The summed E-state index contributed by atoms with van der Waals surface area (Å²) in [6, 6.07) is 1.50. The minimum Gasteiger partial charge on any atom is -0.466 e. The molecule has 1 amide bonds. The number of carbonyl (C=O) groups is 2. The molecule has 0 spiro atoms. The Morgan fingerprint density at radius 3 is 2.70 bits per heavy atom. The number of nitrogens with zero attached hydrogens (tertiary/aromatic N) is 6. The summed E-state index contributed by atoms with van der Waals surface area (Å²) in [6.07, 6.45) is 6.44. The molecule has 1 fully saturated rings. The molecule has 162 valence electrons. The van der Waals surface area contributed by atoms with Gasteiger partial charge in [-0.05, 0) is 33.8 Å². The second kappa shape index (κ2) is 9.10. The third kappa shape index (κ3) is 5.46. The van der Waals surface area contributed by atoms with Gasteiger partial charge in [-0.1, -0.05) is 0 Å². The van der Waals surface area contributed by atoms with Gasteiger partial charge in [-0.25, -0.2) is 14.8 Å². The molecule has 1 aliphatic rings. The molecule has 0 N–H and O–H groups in total. The fourth-order valence-corrected chi connectivity index (χ4v) is 3.24. The van der Waals surface area contributed by atoms with Crippen LogP contribution in [0.4, 0.5) is 10.6 Å². The number of imidazole rings is 1. The quantitative estimate of drug-likeness (QED) is 0.683. The predicted molar refractivity (Wildman–Crippen MR) is 109 cm³/mol. The third-order valence-electron chi connectivity index (χ3n) is 4.50. The van der Waals surface area contributed by atoms with E-state index in [1.54, 1.807) is 47.4 Å². The highest BCUT2D eigenvalue weighted by molar-refractivity contribution is 5.72. The van der Waals surface area contributed by atoms with Gasteiger partial charge >= 0.3 is 12.1 Å². The maximum atomic E-state index is 12.6. The number of esters is 1. The highest BCUT2D eigenvalue weighted by Gasteiger charge is 2.34. The first kappa shape index (κ1) is 21.5. The van der Waals surface area contributed by atoms with Gasteiger partial charge in [-0.15, -0.1) is 0 Å². The molecule has 2 aromatic heterocycles. The van der Waals surface area contributed by atoms with E-state index < -0.39 is 11.7 Å². The number of rotatable bonds is 5. The van der Waals surface area contributed by atoms with Crippen LogP contribution in [0.15, 0.2) is 31.0 Å². The number of ether oxygens (including phenoxy) is 2. The molecule has 10 heteroatoms. The van der Waals surface area contributed by atoms with Crippen LogP contribution in [0.3, 0.4) is 0 Å². The lowest BCUT2D eigenvalue weighted by molar-refractivity contribution is -0.143. The van der Waals surface area contributed by atoms with Crippen LogP contribution in [0, 0.1) is 0 Å². The Kier molecular flexibility index (Phi) is 6.53. The highest BCUT2D eigenvalue weighted by Crippen LogP contribution is 2.23. The molecule has 3 heterocycles. The monoisotopic (exact) mass is 416 g/mol. The largest absolute Gasteiger partial charge is 0.466 e. The van der Waals surface area contributed by atoms with Crippen LogP contribution < -0.4 is 4.90 Å². The van der Waals surface area contributed by atoms with Crippen molar-refractivity contribution in [3.63, 3.8) is 0 Å². The van der Waals surface area contributed by atoms with E-state index in [4.69, 9.17) is 9.47 Å². The van der Waals surface area contributed by atoms with Crippen LogP contribution in [0.5, 0.6) is 0 Å². The number of anilines is 1. The smallest absolute Gasteiger partial charge is 0.410 e. The molecule has 2 aromatic rings. The van der Waals surface area contributed by atoms with Crippen molar-refractivity contribution in [3.05, 3.63) is 31.0 Å². The zero-order chi connectivity index (χ0) is 21.7. The summed E-state index contributed by atoms with van der Waals surface area (Å²) >= 11 is 0. The number of carbonyl (C=O) groups excluding carboxylic acids is 2. The highest BCUT2D eigenvalue weighted by atomic mass is 16.6. The maximum Gasteiger partial charge on any atom is 0.410 e. The Morgan fingerprint density at radius 1 is 1.23 bits per heavy atom. The van der Waals surface area contributed by atoms with Crippen molar-refractivity contribution in [3.8, 4) is 5.95 Å².